The van der Waals surface area contributed by atoms with Gasteiger partial charge in [-0.15, -0.1) is 5.10 Å². The Morgan fingerprint density at radius 3 is 2.84 bits per heavy atom. The molecule has 0 atom stereocenters. The first-order valence-electron chi connectivity index (χ1n) is 6.13. The highest BCUT2D eigenvalue weighted by molar-refractivity contribution is 6.29. The van der Waals surface area contributed by atoms with Crippen molar-refractivity contribution in [2.45, 2.75) is 33.2 Å². The molecule has 0 saturated heterocycles. The van der Waals surface area contributed by atoms with E-state index in [0.29, 0.717) is 29.2 Å². The van der Waals surface area contributed by atoms with E-state index in [0.717, 1.165) is 12.8 Å². The molecule has 3 aromatic heterocycles. The van der Waals surface area contributed by atoms with Gasteiger partial charge in [0.15, 0.2) is 11.3 Å². The van der Waals surface area contributed by atoms with Crippen molar-refractivity contribution < 1.29 is 0 Å². The molecule has 7 nitrogen and oxygen atoms in total. The van der Waals surface area contributed by atoms with Crippen LogP contribution in [-0.4, -0.2) is 29.1 Å². The summed E-state index contributed by atoms with van der Waals surface area (Å²) in [5, 5.41) is 4.37. The lowest BCUT2D eigenvalue weighted by Crippen LogP contribution is -2.28. The zero-order valence-electron chi connectivity index (χ0n) is 10.6. The third kappa shape index (κ3) is 1.81. The Morgan fingerprint density at radius 1 is 1.32 bits per heavy atom. The minimum absolute atomic E-state index is 0.236. The normalized spacial score (nSPS) is 11.7. The summed E-state index contributed by atoms with van der Waals surface area (Å²) >= 11 is 5.91. The average Bonchev–Trinajstić information content (AvgIpc) is 2.92. The van der Waals surface area contributed by atoms with Gasteiger partial charge in [0.2, 0.25) is 5.28 Å². The lowest BCUT2D eigenvalue weighted by Gasteiger charge is -2.05. The Hall–Kier alpha value is -1.89. The molecule has 0 aliphatic rings. The van der Waals surface area contributed by atoms with E-state index in [2.05, 4.69) is 27.0 Å². The molecule has 0 spiro atoms. The highest BCUT2D eigenvalue weighted by Crippen LogP contribution is 2.17. The molecule has 0 aromatic carbocycles. The summed E-state index contributed by atoms with van der Waals surface area (Å²) in [6.45, 7) is 4.40. The number of unbranched alkanes of at least 4 members (excludes halogenated alkanes) is 1. The van der Waals surface area contributed by atoms with E-state index >= 15 is 0 Å². The van der Waals surface area contributed by atoms with Gasteiger partial charge in [-0.2, -0.15) is 9.50 Å². The number of nitrogens with one attached hydrogen (secondary N) is 1. The Balaban J connectivity index is 2.43. The summed E-state index contributed by atoms with van der Waals surface area (Å²) in [7, 11) is 0. The van der Waals surface area contributed by atoms with E-state index in [1.807, 2.05) is 0 Å². The molecular formula is C11H13ClN6O. The summed E-state index contributed by atoms with van der Waals surface area (Å²) in [6.07, 6.45) is 1.87. The van der Waals surface area contributed by atoms with Crippen molar-refractivity contribution in [2.24, 2.45) is 0 Å². The van der Waals surface area contributed by atoms with Gasteiger partial charge in [-0.25, -0.2) is 9.78 Å². The van der Waals surface area contributed by atoms with Gasteiger partial charge in [-0.3, -0.25) is 4.57 Å². The first-order chi connectivity index (χ1) is 9.11. The average molecular weight is 281 g/mol. The lowest BCUT2D eigenvalue weighted by atomic mass is 10.3. The molecule has 1 N–H and O–H groups in total. The molecule has 0 unspecified atom stereocenters. The van der Waals surface area contributed by atoms with Crippen LogP contribution in [0.3, 0.4) is 0 Å². The van der Waals surface area contributed by atoms with Gasteiger partial charge in [-0.1, -0.05) is 13.3 Å². The maximum atomic E-state index is 12.4. The first-order valence-corrected chi connectivity index (χ1v) is 6.51. The summed E-state index contributed by atoms with van der Waals surface area (Å²) in [5.41, 5.74) is 1.40. The number of imidazole rings is 1. The number of hydrogen-bond acceptors (Lipinski definition) is 4. The first kappa shape index (κ1) is 12.2. The van der Waals surface area contributed by atoms with Crippen LogP contribution in [0.4, 0.5) is 0 Å². The van der Waals surface area contributed by atoms with Crippen LogP contribution in [0, 0.1) is 6.92 Å². The van der Waals surface area contributed by atoms with E-state index in [4.69, 9.17) is 11.6 Å². The van der Waals surface area contributed by atoms with Crippen LogP contribution in [0.1, 0.15) is 25.6 Å². The van der Waals surface area contributed by atoms with Gasteiger partial charge in [0, 0.05) is 6.54 Å². The minimum Gasteiger partial charge on any atom is -0.324 e. The number of aromatic nitrogens is 6. The van der Waals surface area contributed by atoms with E-state index in [1.54, 1.807) is 11.5 Å². The van der Waals surface area contributed by atoms with Gasteiger partial charge >= 0.3 is 5.69 Å². The predicted octanol–water partition coefficient (Wildman–Crippen LogP) is 1.53. The van der Waals surface area contributed by atoms with E-state index in [9.17, 15) is 4.79 Å². The fraction of sp³-hybridized carbons (Fsp3) is 0.455. The number of hydrogen-bond donors (Lipinski definition) is 1. The summed E-state index contributed by atoms with van der Waals surface area (Å²) in [5.74, 6) is 0.539. The second-order valence-corrected chi connectivity index (χ2v) is 4.77. The van der Waals surface area contributed by atoms with E-state index in [1.165, 1.54) is 4.52 Å². The van der Waals surface area contributed by atoms with Gasteiger partial charge in [0.05, 0.1) is 0 Å². The second-order valence-electron chi connectivity index (χ2n) is 4.41. The van der Waals surface area contributed by atoms with Crippen molar-refractivity contribution in [1.29, 1.82) is 0 Å². The Kier molecular flexibility index (Phi) is 2.78. The summed E-state index contributed by atoms with van der Waals surface area (Å²) in [6, 6.07) is 0. The minimum atomic E-state index is -0.236. The van der Waals surface area contributed by atoms with Crippen LogP contribution in [-0.2, 0) is 6.54 Å². The fourth-order valence-electron chi connectivity index (χ4n) is 2.12. The second kappa shape index (κ2) is 4.34. The number of rotatable bonds is 3. The topological polar surface area (TPSA) is 80.9 Å². The Labute approximate surface area is 113 Å². The molecule has 0 aliphatic heterocycles. The number of nitrogens with zero attached hydrogens (tertiary/aromatic N) is 5. The number of H-pyrrole nitrogens is 1. The molecule has 0 aliphatic carbocycles. The third-order valence-electron chi connectivity index (χ3n) is 3.00. The third-order valence-corrected chi connectivity index (χ3v) is 3.17. The smallest absolute Gasteiger partial charge is 0.324 e. The molecule has 0 bridgehead atoms. The number of fused-ring (bicyclic) bond motifs is 3. The molecule has 3 rings (SSSR count). The van der Waals surface area contributed by atoms with Gasteiger partial charge in [0.1, 0.15) is 11.3 Å². The molecule has 3 heterocycles. The van der Waals surface area contributed by atoms with Crippen LogP contribution in [0.25, 0.3) is 16.8 Å². The zero-order valence-corrected chi connectivity index (χ0v) is 11.4. The lowest BCUT2D eigenvalue weighted by molar-refractivity contribution is 0.600. The maximum absolute atomic E-state index is 12.4. The van der Waals surface area contributed by atoms with Crippen molar-refractivity contribution in [3.63, 3.8) is 0 Å². The molecule has 100 valence electrons. The number of halogens is 1. The molecule has 0 amide bonds. The predicted molar refractivity (Wildman–Crippen MR) is 71.6 cm³/mol. The van der Waals surface area contributed by atoms with Gasteiger partial charge in [-0.05, 0) is 24.9 Å². The molecule has 19 heavy (non-hydrogen) atoms. The zero-order chi connectivity index (χ0) is 13.6. The maximum Gasteiger partial charge on any atom is 0.352 e. The Morgan fingerprint density at radius 2 is 2.11 bits per heavy atom. The molecule has 0 fully saturated rings. The van der Waals surface area contributed by atoms with Crippen molar-refractivity contribution in [2.75, 3.05) is 0 Å². The highest BCUT2D eigenvalue weighted by atomic mass is 35.5. The number of aryl methyl sites for hydroxylation is 2. The van der Waals surface area contributed by atoms with Gasteiger partial charge < -0.3 is 4.98 Å². The largest absolute Gasteiger partial charge is 0.352 e. The standard InChI is InChI=1S/C11H13ClN6O/c1-3-4-5-17-8-7(14-10(12)15-8)9-13-6(2)16-18(9)11(17)19/h3-5H2,1-2H3,(H,14,15). The molecule has 8 heteroatoms. The fourth-order valence-corrected chi connectivity index (χ4v) is 2.29. The van der Waals surface area contributed by atoms with E-state index < -0.39 is 0 Å². The summed E-state index contributed by atoms with van der Waals surface area (Å²) < 4.78 is 2.88. The monoisotopic (exact) mass is 280 g/mol. The van der Waals surface area contributed by atoms with Crippen LogP contribution >= 0.6 is 11.6 Å². The molecule has 0 radical (unpaired) electrons. The van der Waals surface area contributed by atoms with Crippen LogP contribution in [0.2, 0.25) is 5.28 Å². The highest BCUT2D eigenvalue weighted by Gasteiger charge is 2.16. The van der Waals surface area contributed by atoms with Crippen molar-refractivity contribution in [1.82, 2.24) is 29.1 Å². The summed E-state index contributed by atoms with van der Waals surface area (Å²) in [4.78, 5) is 23.8. The van der Waals surface area contributed by atoms with Crippen LogP contribution in [0.15, 0.2) is 4.79 Å². The Bertz CT molecular complexity index is 814. The van der Waals surface area contributed by atoms with Crippen LogP contribution < -0.4 is 5.69 Å². The number of aromatic amines is 1. The molecule has 0 saturated carbocycles. The molecular weight excluding hydrogens is 268 g/mol. The molecule has 3 aromatic rings. The van der Waals surface area contributed by atoms with Crippen molar-refractivity contribution in [3.05, 3.63) is 21.6 Å². The SMILES string of the molecule is CCCCn1c(=O)n2nc(C)nc2c2[nH]c(Cl)nc21. The van der Waals surface area contributed by atoms with E-state index in [-0.39, 0.29) is 11.0 Å². The quantitative estimate of drug-likeness (QED) is 0.738. The van der Waals surface area contributed by atoms with Gasteiger partial charge in [0.25, 0.3) is 0 Å². The van der Waals surface area contributed by atoms with Crippen LogP contribution in [0.5, 0.6) is 0 Å². The van der Waals surface area contributed by atoms with Crippen molar-refractivity contribution in [3.8, 4) is 0 Å². The van der Waals surface area contributed by atoms with Crippen molar-refractivity contribution >= 4 is 28.4 Å².